The van der Waals surface area contributed by atoms with Crippen molar-refractivity contribution in [3.63, 3.8) is 0 Å². The van der Waals surface area contributed by atoms with E-state index in [1.165, 1.54) is 11.3 Å². The van der Waals surface area contributed by atoms with Gasteiger partial charge < -0.3 is 24.6 Å². The van der Waals surface area contributed by atoms with E-state index in [1.807, 2.05) is 30.0 Å². The highest BCUT2D eigenvalue weighted by molar-refractivity contribution is 7.11. The van der Waals surface area contributed by atoms with Crippen molar-refractivity contribution >= 4 is 23.3 Å². The van der Waals surface area contributed by atoms with Gasteiger partial charge >= 0.3 is 6.03 Å². The van der Waals surface area contributed by atoms with Crippen LogP contribution >= 0.6 is 11.3 Å². The molecule has 7 nitrogen and oxygen atoms in total. The maximum absolute atomic E-state index is 13.5. The lowest BCUT2D eigenvalue weighted by atomic mass is 9.96. The van der Waals surface area contributed by atoms with Gasteiger partial charge in [-0.25, -0.2) is 4.79 Å². The second kappa shape index (κ2) is 14.1. The number of ether oxygens (including phenoxy) is 2. The molecule has 3 amide bonds. The average molecular weight is 516 g/mol. The van der Waals surface area contributed by atoms with Gasteiger partial charge in [-0.05, 0) is 62.4 Å². The molecule has 0 unspecified atom stereocenters. The van der Waals surface area contributed by atoms with E-state index in [-0.39, 0.29) is 24.5 Å². The molecule has 1 aromatic heterocycles. The molecule has 36 heavy (non-hydrogen) atoms. The van der Waals surface area contributed by atoms with Crippen molar-refractivity contribution in [1.29, 1.82) is 0 Å². The number of nitrogens with zero attached hydrogens (tertiary/aromatic N) is 2. The minimum atomic E-state index is -0.121. The van der Waals surface area contributed by atoms with E-state index < -0.39 is 0 Å². The molecule has 1 aliphatic rings. The van der Waals surface area contributed by atoms with Crippen LogP contribution in [0.5, 0.6) is 11.5 Å². The van der Waals surface area contributed by atoms with Crippen LogP contribution in [0.1, 0.15) is 60.8 Å². The minimum Gasteiger partial charge on any atom is -0.493 e. The number of nitrogens with one attached hydrogen (secondary N) is 1. The summed E-state index contributed by atoms with van der Waals surface area (Å²) in [5.74, 6) is 1.33. The maximum atomic E-state index is 13.5. The van der Waals surface area contributed by atoms with Crippen LogP contribution in [0.2, 0.25) is 0 Å². The lowest BCUT2D eigenvalue weighted by Gasteiger charge is -2.30. The fraction of sp³-hybridized carbons (Fsp3) is 0.571. The molecule has 0 bridgehead atoms. The van der Waals surface area contributed by atoms with Crippen molar-refractivity contribution < 1.29 is 19.1 Å². The van der Waals surface area contributed by atoms with Crippen molar-refractivity contribution in [3.8, 4) is 11.5 Å². The molecule has 0 saturated heterocycles. The van der Waals surface area contributed by atoms with Gasteiger partial charge in [0.25, 0.3) is 0 Å². The standard InChI is InChI=1S/C28H41N3O4S/c1-5-16-31(28(33)29-23-9-7-6-8-10-23)20-27(32)30(19-24-13-11-21(2)36-24)17-15-22-12-14-25(34-3)26(18-22)35-4/h11-14,18,23H,5-10,15-17,19-20H2,1-4H3,(H,29,33). The monoisotopic (exact) mass is 515 g/mol. The van der Waals surface area contributed by atoms with Crippen LogP contribution in [-0.4, -0.2) is 61.6 Å². The Hall–Kier alpha value is -2.74. The number of hydrogen-bond acceptors (Lipinski definition) is 5. The van der Waals surface area contributed by atoms with Gasteiger partial charge in [-0.3, -0.25) is 4.79 Å². The molecule has 0 atom stereocenters. The van der Waals surface area contributed by atoms with Gasteiger partial charge in [-0.1, -0.05) is 32.3 Å². The summed E-state index contributed by atoms with van der Waals surface area (Å²) in [5, 5.41) is 3.17. The van der Waals surface area contributed by atoms with E-state index in [4.69, 9.17) is 9.47 Å². The van der Waals surface area contributed by atoms with Gasteiger partial charge in [0.15, 0.2) is 11.5 Å². The van der Waals surface area contributed by atoms with Gasteiger partial charge in [0.05, 0.1) is 20.8 Å². The van der Waals surface area contributed by atoms with Gasteiger partial charge in [-0.15, -0.1) is 11.3 Å². The first-order chi connectivity index (χ1) is 17.4. The van der Waals surface area contributed by atoms with Gasteiger partial charge in [0, 0.05) is 28.9 Å². The van der Waals surface area contributed by atoms with Crippen LogP contribution in [0, 0.1) is 6.92 Å². The fourth-order valence-corrected chi connectivity index (χ4v) is 5.55. The van der Waals surface area contributed by atoms with Crippen molar-refractivity contribution in [1.82, 2.24) is 15.1 Å². The summed E-state index contributed by atoms with van der Waals surface area (Å²) in [6.45, 7) is 5.84. The second-order valence-electron chi connectivity index (χ2n) is 9.47. The Morgan fingerprint density at radius 1 is 1.00 bits per heavy atom. The fourth-order valence-electron chi connectivity index (χ4n) is 4.65. The number of rotatable bonds is 12. The number of methoxy groups -OCH3 is 2. The molecular weight excluding hydrogens is 474 g/mol. The third-order valence-corrected chi connectivity index (χ3v) is 7.64. The average Bonchev–Trinajstić information content (AvgIpc) is 3.30. The Morgan fingerprint density at radius 2 is 1.75 bits per heavy atom. The Bertz CT molecular complexity index is 987. The molecule has 0 spiro atoms. The first kappa shape index (κ1) is 27.8. The lowest BCUT2D eigenvalue weighted by molar-refractivity contribution is -0.132. The summed E-state index contributed by atoms with van der Waals surface area (Å²) < 4.78 is 10.8. The number of carbonyl (C=O) groups is 2. The van der Waals surface area contributed by atoms with E-state index in [2.05, 4.69) is 24.4 Å². The minimum absolute atomic E-state index is 0.0335. The van der Waals surface area contributed by atoms with Gasteiger partial charge in [0.2, 0.25) is 5.91 Å². The third-order valence-electron chi connectivity index (χ3n) is 6.65. The molecule has 1 aliphatic carbocycles. The van der Waals surface area contributed by atoms with Crippen molar-refractivity contribution in [2.45, 2.75) is 71.4 Å². The van der Waals surface area contributed by atoms with Gasteiger partial charge in [0.1, 0.15) is 6.54 Å². The smallest absolute Gasteiger partial charge is 0.318 e. The SMILES string of the molecule is CCCN(CC(=O)N(CCc1ccc(OC)c(OC)c1)Cc1ccc(C)s1)C(=O)NC1CCCCC1. The predicted octanol–water partition coefficient (Wildman–Crippen LogP) is 5.40. The molecule has 8 heteroatoms. The molecule has 1 saturated carbocycles. The largest absolute Gasteiger partial charge is 0.493 e. The first-order valence-electron chi connectivity index (χ1n) is 13.0. The third kappa shape index (κ3) is 8.15. The van der Waals surface area contributed by atoms with E-state index >= 15 is 0 Å². The van der Waals surface area contributed by atoms with Crippen LogP contribution in [0.3, 0.4) is 0 Å². The molecule has 1 N–H and O–H groups in total. The molecule has 1 aromatic carbocycles. The molecule has 2 aromatic rings. The Balaban J connectivity index is 1.70. The normalized spacial score (nSPS) is 13.8. The van der Waals surface area contributed by atoms with Crippen LogP contribution in [0.15, 0.2) is 30.3 Å². The summed E-state index contributed by atoms with van der Waals surface area (Å²) >= 11 is 1.70. The molecule has 1 fully saturated rings. The molecule has 3 rings (SSSR count). The molecule has 1 heterocycles. The van der Waals surface area contributed by atoms with Crippen molar-refractivity contribution in [2.75, 3.05) is 33.9 Å². The van der Waals surface area contributed by atoms with Crippen molar-refractivity contribution in [3.05, 3.63) is 45.6 Å². The maximum Gasteiger partial charge on any atom is 0.318 e. The van der Waals surface area contributed by atoms with E-state index in [1.54, 1.807) is 30.5 Å². The number of amides is 3. The van der Waals surface area contributed by atoms with Crippen molar-refractivity contribution in [2.24, 2.45) is 0 Å². The highest BCUT2D eigenvalue weighted by Crippen LogP contribution is 2.28. The topological polar surface area (TPSA) is 71.1 Å². The highest BCUT2D eigenvalue weighted by Gasteiger charge is 2.24. The molecule has 0 aliphatic heterocycles. The zero-order valence-corrected chi connectivity index (χ0v) is 23.0. The number of urea groups is 1. The molecular formula is C28H41N3O4S. The Kier molecular flexibility index (Phi) is 10.9. The van der Waals surface area contributed by atoms with Crippen LogP contribution in [-0.2, 0) is 17.8 Å². The summed E-state index contributed by atoms with van der Waals surface area (Å²) in [4.78, 5) is 32.5. The zero-order valence-electron chi connectivity index (χ0n) is 22.2. The quantitative estimate of drug-likeness (QED) is 0.411. The first-order valence-corrected chi connectivity index (χ1v) is 13.8. The Labute approximate surface area is 219 Å². The summed E-state index contributed by atoms with van der Waals surface area (Å²) in [5.41, 5.74) is 1.06. The summed E-state index contributed by atoms with van der Waals surface area (Å²) in [6, 6.07) is 10.1. The highest BCUT2D eigenvalue weighted by atomic mass is 32.1. The lowest BCUT2D eigenvalue weighted by Crippen LogP contribution is -2.50. The van der Waals surface area contributed by atoms with Crippen LogP contribution < -0.4 is 14.8 Å². The molecule has 198 valence electrons. The van der Waals surface area contributed by atoms with E-state index in [9.17, 15) is 9.59 Å². The van der Waals surface area contributed by atoms with Crippen LogP contribution in [0.25, 0.3) is 0 Å². The van der Waals surface area contributed by atoms with Crippen LogP contribution in [0.4, 0.5) is 4.79 Å². The number of carbonyl (C=O) groups excluding carboxylic acids is 2. The summed E-state index contributed by atoms with van der Waals surface area (Å²) in [6.07, 6.45) is 7.08. The van der Waals surface area contributed by atoms with E-state index in [0.29, 0.717) is 37.6 Å². The number of benzene rings is 1. The number of hydrogen-bond donors (Lipinski definition) is 1. The van der Waals surface area contributed by atoms with Gasteiger partial charge in [-0.2, -0.15) is 0 Å². The predicted molar refractivity (Wildman–Crippen MR) is 145 cm³/mol. The van der Waals surface area contributed by atoms with E-state index in [0.717, 1.165) is 42.5 Å². The molecule has 0 radical (unpaired) electrons. The summed E-state index contributed by atoms with van der Waals surface area (Å²) in [7, 11) is 3.24. The zero-order chi connectivity index (χ0) is 25.9. The number of thiophene rings is 1. The number of aryl methyl sites for hydroxylation is 1. The second-order valence-corrected chi connectivity index (χ2v) is 10.8. The Morgan fingerprint density at radius 3 is 2.39 bits per heavy atom.